The van der Waals surface area contributed by atoms with E-state index in [0.29, 0.717) is 40.9 Å². The van der Waals surface area contributed by atoms with E-state index in [9.17, 15) is 9.59 Å². The summed E-state index contributed by atoms with van der Waals surface area (Å²) in [5.74, 6) is 1.13. The van der Waals surface area contributed by atoms with Crippen LogP contribution in [-0.4, -0.2) is 36.6 Å². The monoisotopic (exact) mass is 485 g/mol. The lowest BCUT2D eigenvalue weighted by molar-refractivity contribution is -0.119. The summed E-state index contributed by atoms with van der Waals surface area (Å²) in [7, 11) is 0. The second-order valence-electron chi connectivity index (χ2n) is 9.87. The average Bonchev–Trinajstić information content (AvgIpc) is 3.52. The molecule has 1 fully saturated rings. The van der Waals surface area contributed by atoms with Crippen LogP contribution in [-0.2, 0) is 11.3 Å². The molecule has 4 rings (SSSR count). The number of nitrogens with one attached hydrogen (secondary N) is 1. The first-order valence-corrected chi connectivity index (χ1v) is 12.1. The van der Waals surface area contributed by atoms with Crippen molar-refractivity contribution in [3.8, 4) is 11.5 Å². The van der Waals surface area contributed by atoms with Gasteiger partial charge in [0.2, 0.25) is 12.7 Å². The SMILES string of the molecule is CC(C)(CN)CN(Cc1cc(NC(=O)C2CCCC2)ccc1Cl)C(=O)c1ccc2c(c1)OCO2. The van der Waals surface area contributed by atoms with E-state index >= 15 is 0 Å². The molecule has 34 heavy (non-hydrogen) atoms. The van der Waals surface area contributed by atoms with Crippen molar-refractivity contribution in [2.24, 2.45) is 17.1 Å². The van der Waals surface area contributed by atoms with Crippen LogP contribution in [0.15, 0.2) is 36.4 Å². The Morgan fingerprint density at radius 2 is 1.85 bits per heavy atom. The molecule has 3 N–H and O–H groups in total. The van der Waals surface area contributed by atoms with Gasteiger partial charge in [-0.15, -0.1) is 0 Å². The van der Waals surface area contributed by atoms with E-state index in [0.717, 1.165) is 31.2 Å². The summed E-state index contributed by atoms with van der Waals surface area (Å²) in [5, 5.41) is 3.56. The number of anilines is 1. The molecule has 1 aliphatic carbocycles. The molecule has 8 heteroatoms. The van der Waals surface area contributed by atoms with E-state index in [1.54, 1.807) is 35.2 Å². The van der Waals surface area contributed by atoms with Crippen molar-refractivity contribution >= 4 is 29.1 Å². The normalized spacial score (nSPS) is 15.4. The molecule has 0 bridgehead atoms. The predicted molar refractivity (Wildman–Crippen MR) is 132 cm³/mol. The number of carbonyl (C=O) groups is 2. The van der Waals surface area contributed by atoms with Crippen LogP contribution >= 0.6 is 11.6 Å². The third-order valence-corrected chi connectivity index (χ3v) is 6.85. The standard InChI is InChI=1S/C26H32ClN3O4/c1-26(2,14-28)15-30(25(32)18-7-10-22-23(12-18)34-16-33-22)13-19-11-20(8-9-21(19)27)29-24(31)17-5-3-4-6-17/h7-12,17H,3-6,13-16,28H2,1-2H3,(H,29,31). The third kappa shape index (κ3) is 5.65. The maximum atomic E-state index is 13.6. The van der Waals surface area contributed by atoms with Crippen molar-refractivity contribution in [3.05, 3.63) is 52.5 Å². The van der Waals surface area contributed by atoms with Crippen LogP contribution in [0.5, 0.6) is 11.5 Å². The molecular formula is C26H32ClN3O4. The van der Waals surface area contributed by atoms with Gasteiger partial charge in [-0.1, -0.05) is 38.3 Å². The number of fused-ring (bicyclic) bond motifs is 1. The number of hydrogen-bond donors (Lipinski definition) is 2. The zero-order chi connectivity index (χ0) is 24.3. The molecule has 2 aromatic rings. The number of ether oxygens (including phenoxy) is 2. The van der Waals surface area contributed by atoms with Gasteiger partial charge in [0.25, 0.3) is 5.91 Å². The molecule has 2 amide bonds. The molecular weight excluding hydrogens is 454 g/mol. The highest BCUT2D eigenvalue weighted by atomic mass is 35.5. The lowest BCUT2D eigenvalue weighted by atomic mass is 9.92. The fraction of sp³-hybridized carbons (Fsp3) is 0.462. The maximum absolute atomic E-state index is 13.6. The number of nitrogens with zero attached hydrogens (tertiary/aromatic N) is 1. The van der Waals surface area contributed by atoms with Crippen LogP contribution in [0.4, 0.5) is 5.69 Å². The summed E-state index contributed by atoms with van der Waals surface area (Å²) in [6, 6.07) is 10.6. The summed E-state index contributed by atoms with van der Waals surface area (Å²) < 4.78 is 10.8. The largest absolute Gasteiger partial charge is 0.454 e. The fourth-order valence-corrected chi connectivity index (χ4v) is 4.58. The number of nitrogens with two attached hydrogens (primary N) is 1. The zero-order valence-electron chi connectivity index (χ0n) is 19.7. The number of rotatable bonds is 8. The van der Waals surface area contributed by atoms with Crippen molar-refractivity contribution in [1.82, 2.24) is 4.90 Å². The van der Waals surface area contributed by atoms with Gasteiger partial charge >= 0.3 is 0 Å². The minimum absolute atomic E-state index is 0.0447. The Hall–Kier alpha value is -2.77. The first-order chi connectivity index (χ1) is 16.3. The first-order valence-electron chi connectivity index (χ1n) is 11.7. The molecule has 0 radical (unpaired) electrons. The van der Waals surface area contributed by atoms with Gasteiger partial charge in [-0.25, -0.2) is 0 Å². The Morgan fingerprint density at radius 3 is 2.59 bits per heavy atom. The summed E-state index contributed by atoms with van der Waals surface area (Å²) in [5.41, 5.74) is 7.62. The smallest absolute Gasteiger partial charge is 0.254 e. The van der Waals surface area contributed by atoms with Crippen molar-refractivity contribution in [2.75, 3.05) is 25.2 Å². The lowest BCUT2D eigenvalue weighted by Gasteiger charge is -2.32. The second kappa shape index (κ2) is 10.2. The number of hydrogen-bond acceptors (Lipinski definition) is 5. The van der Waals surface area contributed by atoms with Crippen LogP contribution in [0.3, 0.4) is 0 Å². The zero-order valence-corrected chi connectivity index (χ0v) is 20.5. The van der Waals surface area contributed by atoms with E-state index in [1.165, 1.54) is 0 Å². The van der Waals surface area contributed by atoms with Crippen LogP contribution in [0.2, 0.25) is 5.02 Å². The molecule has 0 saturated heterocycles. The molecule has 7 nitrogen and oxygen atoms in total. The molecule has 0 atom stereocenters. The quantitative estimate of drug-likeness (QED) is 0.558. The van der Waals surface area contributed by atoms with Crippen LogP contribution < -0.4 is 20.5 Å². The van der Waals surface area contributed by atoms with Gasteiger partial charge in [0.1, 0.15) is 0 Å². The molecule has 2 aliphatic rings. The van der Waals surface area contributed by atoms with Gasteiger partial charge in [0, 0.05) is 35.3 Å². The average molecular weight is 486 g/mol. The first kappa shape index (κ1) is 24.4. The molecule has 0 spiro atoms. The fourth-order valence-electron chi connectivity index (χ4n) is 4.40. The topological polar surface area (TPSA) is 93.9 Å². The Morgan fingerprint density at radius 1 is 1.12 bits per heavy atom. The van der Waals surface area contributed by atoms with Crippen molar-refractivity contribution in [1.29, 1.82) is 0 Å². The number of halogens is 1. The highest BCUT2D eigenvalue weighted by Crippen LogP contribution is 2.34. The Balaban J connectivity index is 1.57. The summed E-state index contributed by atoms with van der Waals surface area (Å²) in [6.07, 6.45) is 4.05. The van der Waals surface area contributed by atoms with Crippen molar-refractivity contribution in [3.63, 3.8) is 0 Å². The van der Waals surface area contributed by atoms with Crippen LogP contribution in [0.25, 0.3) is 0 Å². The minimum Gasteiger partial charge on any atom is -0.454 e. The van der Waals surface area contributed by atoms with E-state index in [1.807, 2.05) is 19.9 Å². The van der Waals surface area contributed by atoms with E-state index in [2.05, 4.69) is 5.32 Å². The van der Waals surface area contributed by atoms with Gasteiger partial charge in [0.15, 0.2) is 11.5 Å². The van der Waals surface area contributed by atoms with E-state index in [4.69, 9.17) is 26.8 Å². The summed E-state index contributed by atoms with van der Waals surface area (Å²) >= 11 is 6.52. The lowest BCUT2D eigenvalue weighted by Crippen LogP contribution is -2.41. The maximum Gasteiger partial charge on any atom is 0.254 e. The number of carbonyl (C=O) groups excluding carboxylic acids is 2. The Kier molecular flexibility index (Phi) is 7.33. The summed E-state index contributed by atoms with van der Waals surface area (Å²) in [6.45, 7) is 5.32. The molecule has 2 aromatic carbocycles. The van der Waals surface area contributed by atoms with Gasteiger partial charge in [-0.05, 0) is 66.8 Å². The van der Waals surface area contributed by atoms with E-state index in [-0.39, 0.29) is 36.5 Å². The van der Waals surface area contributed by atoms with Crippen LogP contribution in [0, 0.1) is 11.3 Å². The Labute approximate surface area is 205 Å². The third-order valence-electron chi connectivity index (χ3n) is 6.48. The number of amides is 2. The Bertz CT molecular complexity index is 1070. The molecule has 0 unspecified atom stereocenters. The highest BCUT2D eigenvalue weighted by molar-refractivity contribution is 6.31. The van der Waals surface area contributed by atoms with E-state index < -0.39 is 0 Å². The molecule has 1 heterocycles. The minimum atomic E-state index is -0.299. The predicted octanol–water partition coefficient (Wildman–Crippen LogP) is 4.82. The number of benzene rings is 2. The van der Waals surface area contributed by atoms with Gasteiger partial charge in [0.05, 0.1) is 0 Å². The molecule has 0 aromatic heterocycles. The van der Waals surface area contributed by atoms with Crippen molar-refractivity contribution in [2.45, 2.75) is 46.1 Å². The van der Waals surface area contributed by atoms with Gasteiger partial charge < -0.3 is 25.4 Å². The highest BCUT2D eigenvalue weighted by Gasteiger charge is 2.27. The van der Waals surface area contributed by atoms with Crippen molar-refractivity contribution < 1.29 is 19.1 Å². The summed E-state index contributed by atoms with van der Waals surface area (Å²) in [4.78, 5) is 27.9. The van der Waals surface area contributed by atoms with Gasteiger partial charge in [-0.3, -0.25) is 9.59 Å². The van der Waals surface area contributed by atoms with Gasteiger partial charge in [-0.2, -0.15) is 0 Å². The second-order valence-corrected chi connectivity index (χ2v) is 10.3. The molecule has 182 valence electrons. The van der Waals surface area contributed by atoms with Crippen LogP contribution in [0.1, 0.15) is 55.5 Å². The molecule has 1 aliphatic heterocycles. The molecule has 1 saturated carbocycles.